The summed E-state index contributed by atoms with van der Waals surface area (Å²) in [5.74, 6) is 0.0755. The van der Waals surface area contributed by atoms with Crippen LogP contribution in [-0.2, 0) is 14.3 Å². The van der Waals surface area contributed by atoms with Crippen LogP contribution in [0, 0.1) is 0 Å². The van der Waals surface area contributed by atoms with Crippen LogP contribution in [0.15, 0.2) is 48.5 Å². The lowest BCUT2D eigenvalue weighted by atomic mass is 10.2. The van der Waals surface area contributed by atoms with Gasteiger partial charge < -0.3 is 19.5 Å². The maximum atomic E-state index is 11.8. The molecule has 136 valence electrons. The Morgan fingerprint density at radius 2 is 1.92 bits per heavy atom. The van der Waals surface area contributed by atoms with E-state index in [0.717, 1.165) is 0 Å². The smallest absolute Gasteiger partial charge is 0.331 e. The molecule has 0 radical (unpaired) electrons. The van der Waals surface area contributed by atoms with E-state index in [4.69, 9.17) is 25.8 Å². The average Bonchev–Trinajstić information content (AvgIpc) is 2.64. The third kappa shape index (κ3) is 5.82. The zero-order valence-electron chi connectivity index (χ0n) is 14.3. The number of halogens is 1. The van der Waals surface area contributed by atoms with Gasteiger partial charge in [0.25, 0.3) is 5.91 Å². The van der Waals surface area contributed by atoms with Gasteiger partial charge >= 0.3 is 5.97 Å². The molecule has 0 fully saturated rings. The molecule has 0 heterocycles. The Morgan fingerprint density at radius 1 is 1.12 bits per heavy atom. The largest absolute Gasteiger partial charge is 0.497 e. The average molecular weight is 376 g/mol. The molecule has 2 aromatic rings. The van der Waals surface area contributed by atoms with Crippen molar-refractivity contribution in [3.05, 3.63) is 59.1 Å². The molecule has 0 saturated carbocycles. The second-order valence-electron chi connectivity index (χ2n) is 5.11. The highest BCUT2D eigenvalue weighted by Gasteiger charge is 2.07. The van der Waals surface area contributed by atoms with Gasteiger partial charge in [-0.15, -0.1) is 0 Å². The molecule has 6 nitrogen and oxygen atoms in total. The first-order valence-electron chi connectivity index (χ1n) is 7.64. The third-order valence-corrected chi connectivity index (χ3v) is 3.53. The Morgan fingerprint density at radius 3 is 2.62 bits per heavy atom. The monoisotopic (exact) mass is 375 g/mol. The van der Waals surface area contributed by atoms with E-state index in [-0.39, 0.29) is 0 Å². The molecule has 0 aliphatic rings. The van der Waals surface area contributed by atoms with E-state index in [9.17, 15) is 9.59 Å². The number of rotatable bonds is 7. The SMILES string of the molecule is COc1ccc(/C=C/C(=O)OCC(=O)Nc2cccc(Cl)c2)c(OC)c1. The van der Waals surface area contributed by atoms with E-state index in [0.29, 0.717) is 27.8 Å². The summed E-state index contributed by atoms with van der Waals surface area (Å²) in [4.78, 5) is 23.6. The highest BCUT2D eigenvalue weighted by Crippen LogP contribution is 2.25. The normalized spacial score (nSPS) is 10.4. The van der Waals surface area contributed by atoms with Crippen LogP contribution in [0.5, 0.6) is 11.5 Å². The van der Waals surface area contributed by atoms with Crippen LogP contribution in [0.4, 0.5) is 5.69 Å². The number of hydrogen-bond donors (Lipinski definition) is 1. The molecule has 7 heteroatoms. The molecule has 0 aromatic heterocycles. The van der Waals surface area contributed by atoms with Gasteiger partial charge in [0, 0.05) is 28.4 Å². The van der Waals surface area contributed by atoms with Crippen molar-refractivity contribution in [2.45, 2.75) is 0 Å². The quantitative estimate of drug-likeness (QED) is 0.591. The van der Waals surface area contributed by atoms with Crippen LogP contribution < -0.4 is 14.8 Å². The lowest BCUT2D eigenvalue weighted by molar-refractivity contribution is -0.142. The molecule has 0 spiro atoms. The molecule has 0 saturated heterocycles. The van der Waals surface area contributed by atoms with E-state index in [1.807, 2.05) is 0 Å². The van der Waals surface area contributed by atoms with E-state index < -0.39 is 18.5 Å². The van der Waals surface area contributed by atoms with Crippen LogP contribution in [0.2, 0.25) is 5.02 Å². The molecule has 2 aromatic carbocycles. The molecule has 1 N–H and O–H groups in total. The summed E-state index contributed by atoms with van der Waals surface area (Å²) in [5, 5.41) is 3.08. The minimum absolute atomic E-state index is 0.407. The van der Waals surface area contributed by atoms with E-state index in [2.05, 4.69) is 5.32 Å². The topological polar surface area (TPSA) is 73.9 Å². The molecule has 2 rings (SSSR count). The minimum atomic E-state index is -0.649. The van der Waals surface area contributed by atoms with Gasteiger partial charge in [0.2, 0.25) is 0 Å². The van der Waals surface area contributed by atoms with E-state index >= 15 is 0 Å². The summed E-state index contributed by atoms with van der Waals surface area (Å²) in [6.45, 7) is -0.407. The van der Waals surface area contributed by atoms with Crippen molar-refractivity contribution in [2.75, 3.05) is 26.1 Å². The highest BCUT2D eigenvalue weighted by molar-refractivity contribution is 6.30. The molecular formula is C19H18ClNO5. The van der Waals surface area contributed by atoms with Crippen molar-refractivity contribution < 1.29 is 23.8 Å². The number of esters is 1. The molecule has 0 aliphatic carbocycles. The van der Waals surface area contributed by atoms with Crippen molar-refractivity contribution in [3.63, 3.8) is 0 Å². The lowest BCUT2D eigenvalue weighted by Crippen LogP contribution is -2.20. The predicted molar refractivity (Wildman–Crippen MR) is 99.6 cm³/mol. The van der Waals surface area contributed by atoms with Crippen LogP contribution in [0.1, 0.15) is 5.56 Å². The summed E-state index contributed by atoms with van der Waals surface area (Å²) in [6, 6.07) is 11.9. The molecule has 26 heavy (non-hydrogen) atoms. The summed E-state index contributed by atoms with van der Waals surface area (Å²) in [7, 11) is 3.07. The Kier molecular flexibility index (Phi) is 7.05. The number of nitrogens with one attached hydrogen (secondary N) is 1. The predicted octanol–water partition coefficient (Wildman–Crippen LogP) is 3.55. The van der Waals surface area contributed by atoms with Crippen molar-refractivity contribution in [2.24, 2.45) is 0 Å². The maximum Gasteiger partial charge on any atom is 0.331 e. The van der Waals surface area contributed by atoms with E-state index in [1.54, 1.807) is 49.6 Å². The van der Waals surface area contributed by atoms with Crippen LogP contribution in [0.25, 0.3) is 6.08 Å². The number of amides is 1. The van der Waals surface area contributed by atoms with Crippen molar-refractivity contribution in [1.29, 1.82) is 0 Å². The number of carbonyl (C=O) groups is 2. The molecular weight excluding hydrogens is 358 g/mol. The highest BCUT2D eigenvalue weighted by atomic mass is 35.5. The van der Waals surface area contributed by atoms with Gasteiger partial charge in [-0.1, -0.05) is 17.7 Å². The first kappa shape index (κ1) is 19.3. The summed E-state index contributed by atoms with van der Waals surface area (Å²) < 4.78 is 15.3. The van der Waals surface area contributed by atoms with E-state index in [1.165, 1.54) is 19.3 Å². The summed E-state index contributed by atoms with van der Waals surface area (Å²) >= 11 is 5.84. The van der Waals surface area contributed by atoms with Gasteiger partial charge in [-0.2, -0.15) is 0 Å². The van der Waals surface area contributed by atoms with Gasteiger partial charge in [0.15, 0.2) is 6.61 Å². The second-order valence-corrected chi connectivity index (χ2v) is 5.54. The molecule has 0 atom stereocenters. The third-order valence-electron chi connectivity index (χ3n) is 3.29. The first-order valence-corrected chi connectivity index (χ1v) is 8.02. The van der Waals surface area contributed by atoms with Gasteiger partial charge in [0.05, 0.1) is 14.2 Å². The lowest BCUT2D eigenvalue weighted by Gasteiger charge is -2.07. The zero-order chi connectivity index (χ0) is 18.9. The Hall–Kier alpha value is -2.99. The van der Waals surface area contributed by atoms with Gasteiger partial charge in [-0.3, -0.25) is 4.79 Å². The Labute approximate surface area is 156 Å². The number of benzene rings is 2. The summed E-state index contributed by atoms with van der Waals surface area (Å²) in [5.41, 5.74) is 1.20. The van der Waals surface area contributed by atoms with Gasteiger partial charge in [-0.25, -0.2) is 4.79 Å². The standard InChI is InChI=1S/C19H18ClNO5/c1-24-16-8-6-13(17(11-16)25-2)7-9-19(23)26-12-18(22)21-15-5-3-4-14(20)10-15/h3-11H,12H2,1-2H3,(H,21,22)/b9-7+. The number of carbonyl (C=O) groups excluding carboxylic acids is 2. The van der Waals surface area contributed by atoms with Gasteiger partial charge in [-0.05, 0) is 36.4 Å². The fourth-order valence-corrected chi connectivity index (χ4v) is 2.25. The van der Waals surface area contributed by atoms with Crippen molar-refractivity contribution in [3.8, 4) is 11.5 Å². The number of methoxy groups -OCH3 is 2. The number of hydrogen-bond acceptors (Lipinski definition) is 5. The fourth-order valence-electron chi connectivity index (χ4n) is 2.06. The number of ether oxygens (including phenoxy) is 3. The Bertz CT molecular complexity index is 819. The van der Waals surface area contributed by atoms with Crippen LogP contribution >= 0.6 is 11.6 Å². The van der Waals surface area contributed by atoms with Crippen molar-refractivity contribution >= 4 is 35.2 Å². The van der Waals surface area contributed by atoms with Gasteiger partial charge in [0.1, 0.15) is 11.5 Å². The number of anilines is 1. The summed E-state index contributed by atoms with van der Waals surface area (Å²) in [6.07, 6.45) is 2.76. The molecule has 1 amide bonds. The molecule has 0 aliphatic heterocycles. The van der Waals surface area contributed by atoms with Crippen LogP contribution in [-0.4, -0.2) is 32.7 Å². The molecule has 0 bridgehead atoms. The Balaban J connectivity index is 1.88. The fraction of sp³-hybridized carbons (Fsp3) is 0.158. The first-order chi connectivity index (χ1) is 12.5. The minimum Gasteiger partial charge on any atom is -0.497 e. The zero-order valence-corrected chi connectivity index (χ0v) is 15.1. The van der Waals surface area contributed by atoms with Crippen molar-refractivity contribution in [1.82, 2.24) is 0 Å². The van der Waals surface area contributed by atoms with Crippen LogP contribution in [0.3, 0.4) is 0 Å². The maximum absolute atomic E-state index is 11.8. The second kappa shape index (κ2) is 9.48. The molecule has 0 unspecified atom stereocenters.